The van der Waals surface area contributed by atoms with Crippen molar-refractivity contribution in [3.8, 4) is 22.3 Å². The van der Waals surface area contributed by atoms with Gasteiger partial charge in [0.15, 0.2) is 0 Å². The second-order valence-electron chi connectivity index (χ2n) is 6.15. The van der Waals surface area contributed by atoms with Crippen LogP contribution in [0.4, 0.5) is 0 Å². The molecule has 0 amide bonds. The Hall–Kier alpha value is -2.60. The van der Waals surface area contributed by atoms with Crippen LogP contribution in [0.25, 0.3) is 28.3 Å². The second-order valence-corrected chi connectivity index (χ2v) is 6.15. The molecule has 0 heterocycles. The van der Waals surface area contributed by atoms with E-state index in [4.69, 9.17) is 0 Å². The van der Waals surface area contributed by atoms with Gasteiger partial charge in [0.2, 0.25) is 0 Å². The van der Waals surface area contributed by atoms with Crippen LogP contribution in [0.2, 0.25) is 0 Å². The molecule has 5 rings (SSSR count). The summed E-state index contributed by atoms with van der Waals surface area (Å²) in [4.78, 5) is 0. The highest BCUT2D eigenvalue weighted by Crippen LogP contribution is 2.43. The minimum Gasteiger partial charge on any atom is -0.0795 e. The van der Waals surface area contributed by atoms with Gasteiger partial charge in [-0.2, -0.15) is 0 Å². The van der Waals surface area contributed by atoms with Crippen LogP contribution < -0.4 is 0 Å². The summed E-state index contributed by atoms with van der Waals surface area (Å²) in [5, 5.41) is 0. The van der Waals surface area contributed by atoms with Crippen LogP contribution in [-0.2, 0) is 12.8 Å². The third kappa shape index (κ3) is 1.58. The van der Waals surface area contributed by atoms with Gasteiger partial charge < -0.3 is 0 Å². The molecule has 0 heteroatoms. The summed E-state index contributed by atoms with van der Waals surface area (Å²) in [7, 11) is 0. The molecule has 0 bridgehead atoms. The summed E-state index contributed by atoms with van der Waals surface area (Å²) < 4.78 is 0. The van der Waals surface area contributed by atoms with Crippen LogP contribution in [0.1, 0.15) is 22.3 Å². The third-order valence-electron chi connectivity index (χ3n) is 4.96. The first-order chi connectivity index (χ1) is 10.9. The Morgan fingerprint density at radius 1 is 0.591 bits per heavy atom. The molecule has 0 radical (unpaired) electrons. The lowest BCUT2D eigenvalue weighted by molar-refractivity contribution is 1.26. The van der Waals surface area contributed by atoms with Gasteiger partial charge in [0.05, 0.1) is 0 Å². The zero-order valence-electron chi connectivity index (χ0n) is 12.3. The Morgan fingerprint density at radius 3 is 2.23 bits per heavy atom. The first-order valence-electron chi connectivity index (χ1n) is 7.91. The molecule has 0 aromatic heterocycles. The van der Waals surface area contributed by atoms with Crippen LogP contribution in [0.15, 0.2) is 66.7 Å². The van der Waals surface area contributed by atoms with Crippen molar-refractivity contribution in [2.75, 3.05) is 0 Å². The van der Waals surface area contributed by atoms with Gasteiger partial charge in [-0.15, -0.1) is 0 Å². The molecule has 22 heavy (non-hydrogen) atoms. The zero-order chi connectivity index (χ0) is 14.5. The highest BCUT2D eigenvalue weighted by atomic mass is 14.3. The van der Waals surface area contributed by atoms with Crippen molar-refractivity contribution >= 4 is 6.08 Å². The average Bonchev–Trinajstić information content (AvgIpc) is 3.18. The first kappa shape index (κ1) is 12.0. The molecule has 0 fully saturated rings. The smallest absolute Gasteiger partial charge is 0.000728 e. The molecule has 0 atom stereocenters. The lowest BCUT2D eigenvalue weighted by Gasteiger charge is -2.12. The largest absolute Gasteiger partial charge is 0.0795 e. The predicted molar refractivity (Wildman–Crippen MR) is 92.9 cm³/mol. The van der Waals surface area contributed by atoms with E-state index in [1.54, 1.807) is 0 Å². The van der Waals surface area contributed by atoms with Gasteiger partial charge in [-0.05, 0) is 57.3 Å². The standard InChI is InChI=1S/C22H16/c1-2-9-18-16(6-1)14-22-20(18)12-5-13-21(22)19-11-4-8-15-7-3-10-17(15)19/h1-6,8-13H,7,14H2. The Kier molecular flexibility index (Phi) is 2.42. The summed E-state index contributed by atoms with van der Waals surface area (Å²) in [5.41, 5.74) is 11.4. The highest BCUT2D eigenvalue weighted by Gasteiger charge is 2.22. The Morgan fingerprint density at radius 2 is 1.27 bits per heavy atom. The van der Waals surface area contributed by atoms with E-state index in [0.29, 0.717) is 0 Å². The van der Waals surface area contributed by atoms with E-state index in [1.807, 2.05) is 0 Å². The zero-order valence-corrected chi connectivity index (χ0v) is 12.3. The Bertz CT molecular complexity index is 929. The molecular weight excluding hydrogens is 264 g/mol. The van der Waals surface area contributed by atoms with E-state index in [1.165, 1.54) is 44.5 Å². The molecule has 0 aliphatic heterocycles. The van der Waals surface area contributed by atoms with E-state index in [2.05, 4.69) is 72.8 Å². The van der Waals surface area contributed by atoms with Crippen molar-refractivity contribution in [3.05, 3.63) is 89.0 Å². The third-order valence-corrected chi connectivity index (χ3v) is 4.96. The van der Waals surface area contributed by atoms with Gasteiger partial charge in [-0.25, -0.2) is 0 Å². The summed E-state index contributed by atoms with van der Waals surface area (Å²) in [6.07, 6.45) is 6.67. The Labute approximate surface area is 130 Å². The second kappa shape index (κ2) is 4.45. The van der Waals surface area contributed by atoms with Gasteiger partial charge in [0, 0.05) is 0 Å². The van der Waals surface area contributed by atoms with Crippen molar-refractivity contribution in [2.45, 2.75) is 12.8 Å². The molecule has 2 aliphatic carbocycles. The van der Waals surface area contributed by atoms with Crippen LogP contribution in [0, 0.1) is 0 Å². The molecule has 0 nitrogen and oxygen atoms in total. The topological polar surface area (TPSA) is 0 Å². The number of benzene rings is 3. The SMILES string of the molecule is C1=Cc2c(cccc2-c2cccc3c2Cc2ccccc2-3)C1. The predicted octanol–water partition coefficient (Wildman–Crippen LogP) is 5.49. The van der Waals surface area contributed by atoms with Crippen molar-refractivity contribution in [1.82, 2.24) is 0 Å². The number of hydrogen-bond donors (Lipinski definition) is 0. The Balaban J connectivity index is 1.77. The lowest BCUT2D eigenvalue weighted by Crippen LogP contribution is -1.92. The fourth-order valence-electron chi connectivity index (χ4n) is 3.94. The summed E-state index contributed by atoms with van der Waals surface area (Å²) in [5.74, 6) is 0. The van der Waals surface area contributed by atoms with Gasteiger partial charge in [0.25, 0.3) is 0 Å². The van der Waals surface area contributed by atoms with Crippen LogP contribution >= 0.6 is 0 Å². The van der Waals surface area contributed by atoms with Crippen molar-refractivity contribution in [1.29, 1.82) is 0 Å². The molecule has 0 spiro atoms. The summed E-state index contributed by atoms with van der Waals surface area (Å²) >= 11 is 0. The van der Waals surface area contributed by atoms with E-state index in [9.17, 15) is 0 Å². The van der Waals surface area contributed by atoms with Gasteiger partial charge in [-0.1, -0.05) is 72.8 Å². The maximum absolute atomic E-state index is 2.28. The molecule has 0 N–H and O–H groups in total. The van der Waals surface area contributed by atoms with Crippen molar-refractivity contribution < 1.29 is 0 Å². The minimum atomic E-state index is 1.05. The normalized spacial score (nSPS) is 13.8. The molecular formula is C22H16. The van der Waals surface area contributed by atoms with Gasteiger partial charge in [-0.3, -0.25) is 0 Å². The summed E-state index contributed by atoms with van der Waals surface area (Å²) in [6.45, 7) is 0. The van der Waals surface area contributed by atoms with Crippen molar-refractivity contribution in [3.63, 3.8) is 0 Å². The van der Waals surface area contributed by atoms with Crippen LogP contribution in [-0.4, -0.2) is 0 Å². The van der Waals surface area contributed by atoms with Crippen LogP contribution in [0.3, 0.4) is 0 Å². The van der Waals surface area contributed by atoms with E-state index >= 15 is 0 Å². The first-order valence-corrected chi connectivity index (χ1v) is 7.91. The maximum atomic E-state index is 2.28. The van der Waals surface area contributed by atoms with Gasteiger partial charge >= 0.3 is 0 Å². The molecule has 0 saturated carbocycles. The highest BCUT2D eigenvalue weighted by molar-refractivity contribution is 5.88. The quantitative estimate of drug-likeness (QED) is 0.432. The average molecular weight is 280 g/mol. The van der Waals surface area contributed by atoms with E-state index in [-0.39, 0.29) is 0 Å². The molecule has 0 saturated heterocycles. The van der Waals surface area contributed by atoms with Crippen molar-refractivity contribution in [2.24, 2.45) is 0 Å². The summed E-state index contributed by atoms with van der Waals surface area (Å²) in [6, 6.07) is 22.3. The molecule has 104 valence electrons. The lowest BCUT2D eigenvalue weighted by atomic mass is 9.91. The molecule has 0 unspecified atom stereocenters. The van der Waals surface area contributed by atoms with E-state index < -0.39 is 0 Å². The number of allylic oxidation sites excluding steroid dienone is 1. The molecule has 3 aromatic rings. The molecule has 2 aliphatic rings. The fraction of sp³-hybridized carbons (Fsp3) is 0.0909. The molecule has 3 aromatic carbocycles. The van der Waals surface area contributed by atoms with Crippen LogP contribution in [0.5, 0.6) is 0 Å². The fourth-order valence-corrected chi connectivity index (χ4v) is 3.94. The number of fused-ring (bicyclic) bond motifs is 4. The van der Waals surface area contributed by atoms with E-state index in [0.717, 1.165) is 12.8 Å². The van der Waals surface area contributed by atoms with Gasteiger partial charge in [0.1, 0.15) is 0 Å². The number of hydrogen-bond acceptors (Lipinski definition) is 0. The minimum absolute atomic E-state index is 1.05. The monoisotopic (exact) mass is 280 g/mol. The number of rotatable bonds is 1. The maximum Gasteiger partial charge on any atom is -0.000728 e.